The number of benzene rings is 1. The smallest absolute Gasteiger partial charge is 0.389 e. The summed E-state index contributed by atoms with van der Waals surface area (Å²) < 4.78 is 67.3. The van der Waals surface area contributed by atoms with Gasteiger partial charge in [0.25, 0.3) is 0 Å². The molecule has 26 heavy (non-hydrogen) atoms. The Morgan fingerprint density at radius 2 is 1.85 bits per heavy atom. The van der Waals surface area contributed by atoms with E-state index in [0.29, 0.717) is 4.90 Å². The Labute approximate surface area is 144 Å². The van der Waals surface area contributed by atoms with E-state index in [1.54, 1.807) is 0 Å². The molecule has 0 unspecified atom stereocenters. The molecule has 9 heteroatoms. The van der Waals surface area contributed by atoms with Gasteiger partial charge in [0, 0.05) is 0 Å². The summed E-state index contributed by atoms with van der Waals surface area (Å²) in [4.78, 5) is 16.3. The number of hydrogen-bond donors (Lipinski definition) is 1. The van der Waals surface area contributed by atoms with Gasteiger partial charge in [0.1, 0.15) is 5.69 Å². The lowest BCUT2D eigenvalue weighted by atomic mass is 9.98. The van der Waals surface area contributed by atoms with Crippen LogP contribution in [0.15, 0.2) is 36.4 Å². The minimum absolute atomic E-state index is 0.111. The third-order valence-corrected chi connectivity index (χ3v) is 4.06. The summed E-state index contributed by atoms with van der Waals surface area (Å²) >= 11 is 0. The van der Waals surface area contributed by atoms with Crippen molar-refractivity contribution >= 4 is 11.6 Å². The topological polar surface area (TPSA) is 53.4 Å². The molecule has 0 aliphatic carbocycles. The molecule has 1 aliphatic heterocycles. The molecule has 0 radical (unpaired) electrons. The van der Waals surface area contributed by atoms with E-state index in [0.717, 1.165) is 12.1 Å². The van der Waals surface area contributed by atoms with Crippen molar-refractivity contribution in [2.45, 2.75) is 31.7 Å². The Kier molecular flexibility index (Phi) is 4.22. The van der Waals surface area contributed by atoms with Gasteiger partial charge >= 0.3 is 18.0 Å². The largest absolute Gasteiger partial charge is 0.433 e. The molecule has 1 aromatic carbocycles. The Bertz CT molecular complexity index is 864. The lowest BCUT2D eigenvalue weighted by Crippen LogP contribution is -2.34. The van der Waals surface area contributed by atoms with Crippen molar-refractivity contribution in [3.63, 3.8) is 0 Å². The maximum atomic E-state index is 14.5. The number of carbonyl (C=O) groups is 1. The van der Waals surface area contributed by atoms with Gasteiger partial charge in [-0.2, -0.15) is 22.0 Å². The van der Waals surface area contributed by atoms with E-state index < -0.39 is 41.9 Å². The summed E-state index contributed by atoms with van der Waals surface area (Å²) in [6.45, 7) is 0.738. The Morgan fingerprint density at radius 3 is 2.46 bits per heavy atom. The minimum atomic E-state index is -4.69. The quantitative estimate of drug-likeness (QED) is 0.834. The van der Waals surface area contributed by atoms with Gasteiger partial charge in [-0.1, -0.05) is 18.2 Å². The van der Waals surface area contributed by atoms with Crippen LogP contribution in [0.3, 0.4) is 0 Å². The first-order chi connectivity index (χ1) is 12.0. The molecule has 2 aromatic rings. The molecule has 1 atom stereocenters. The van der Waals surface area contributed by atoms with Crippen LogP contribution in [0.4, 0.5) is 27.6 Å². The van der Waals surface area contributed by atoms with Crippen LogP contribution in [0.25, 0.3) is 0 Å². The van der Waals surface area contributed by atoms with E-state index in [1.165, 1.54) is 31.2 Å². The third-order valence-electron chi connectivity index (χ3n) is 4.06. The highest BCUT2D eigenvalue weighted by Gasteiger charge is 2.54. The molecule has 4 nitrogen and oxygen atoms in total. The van der Waals surface area contributed by atoms with E-state index in [4.69, 9.17) is 0 Å². The molecule has 1 aliphatic rings. The van der Waals surface area contributed by atoms with Crippen molar-refractivity contribution in [3.05, 3.63) is 58.9 Å². The van der Waals surface area contributed by atoms with Crippen LogP contribution >= 0.6 is 0 Å². The van der Waals surface area contributed by atoms with E-state index in [1.807, 2.05) is 0 Å². The summed E-state index contributed by atoms with van der Waals surface area (Å²) in [6, 6.07) is 6.99. The second kappa shape index (κ2) is 6.01. The van der Waals surface area contributed by atoms with Crippen LogP contribution < -0.4 is 4.90 Å². The zero-order chi connectivity index (χ0) is 19.3. The summed E-state index contributed by atoms with van der Waals surface area (Å²) in [7, 11) is 0. The summed E-state index contributed by atoms with van der Waals surface area (Å²) in [6.07, 6.45) is -5.93. The molecule has 3 rings (SSSR count). The summed E-state index contributed by atoms with van der Waals surface area (Å²) in [5.74, 6) is -5.45. The molecule has 0 bridgehead atoms. The Morgan fingerprint density at radius 1 is 1.19 bits per heavy atom. The number of hydrogen-bond acceptors (Lipinski definition) is 3. The van der Waals surface area contributed by atoms with Gasteiger partial charge in [0.2, 0.25) is 0 Å². The zero-order valence-corrected chi connectivity index (χ0v) is 13.4. The van der Waals surface area contributed by atoms with E-state index in [9.17, 15) is 31.9 Å². The number of fused-ring (bicyclic) bond motifs is 1. The number of halogens is 5. The molecule has 1 amide bonds. The fraction of sp³-hybridized carbons (Fsp3) is 0.294. The lowest BCUT2D eigenvalue weighted by molar-refractivity contribution is -0.141. The maximum absolute atomic E-state index is 14.5. The highest BCUT2D eigenvalue weighted by molar-refractivity contribution is 6.06. The second-order valence-electron chi connectivity index (χ2n) is 5.89. The molecule has 138 valence electrons. The van der Waals surface area contributed by atoms with E-state index in [-0.39, 0.29) is 16.9 Å². The first-order valence-electron chi connectivity index (χ1n) is 7.58. The second-order valence-corrected chi connectivity index (χ2v) is 5.89. The van der Waals surface area contributed by atoms with Gasteiger partial charge in [-0.05, 0) is 30.7 Å². The van der Waals surface area contributed by atoms with Gasteiger partial charge in [0.05, 0.1) is 29.6 Å². The maximum Gasteiger partial charge on any atom is 0.433 e. The fourth-order valence-corrected chi connectivity index (χ4v) is 2.90. The highest BCUT2D eigenvalue weighted by Crippen LogP contribution is 2.47. The number of anilines is 1. The number of nitrogens with zero attached hydrogens (tertiary/aromatic N) is 2. The van der Waals surface area contributed by atoms with Crippen LogP contribution in [0.1, 0.15) is 35.5 Å². The van der Waals surface area contributed by atoms with Crippen LogP contribution in [-0.4, -0.2) is 16.0 Å². The average Bonchev–Trinajstić information content (AvgIpc) is 2.75. The van der Waals surface area contributed by atoms with Gasteiger partial charge in [-0.25, -0.2) is 4.98 Å². The number of amides is 1. The number of aromatic nitrogens is 1. The standard InChI is InChI=1S/C17H13F5N2O2/c1-9(25)11-5-3-6-12-14(11)16(18,19)15(26)24(12)8-10-4-2-7-13(23-10)17(20,21)22/h2-7,9,25H,8H2,1H3/t9-/m0/s1. The van der Waals surface area contributed by atoms with Crippen molar-refractivity contribution in [1.82, 2.24) is 4.98 Å². The molecule has 0 saturated heterocycles. The van der Waals surface area contributed by atoms with Crippen molar-refractivity contribution in [2.75, 3.05) is 4.90 Å². The molecule has 0 fully saturated rings. The SMILES string of the molecule is C[C@H](O)c1cccc2c1C(F)(F)C(=O)N2Cc1cccc(C(F)(F)F)n1. The van der Waals surface area contributed by atoms with Crippen LogP contribution in [0.2, 0.25) is 0 Å². The number of carbonyl (C=O) groups excluding carboxylic acids is 1. The first kappa shape index (κ1) is 18.2. The van der Waals surface area contributed by atoms with Crippen molar-refractivity contribution < 1.29 is 31.9 Å². The number of pyridine rings is 1. The van der Waals surface area contributed by atoms with Crippen LogP contribution in [0.5, 0.6) is 0 Å². The Balaban J connectivity index is 2.04. The number of alkyl halides is 5. The zero-order valence-electron chi connectivity index (χ0n) is 13.4. The van der Waals surface area contributed by atoms with Gasteiger partial charge in [-0.3, -0.25) is 4.79 Å². The third kappa shape index (κ3) is 2.92. The highest BCUT2D eigenvalue weighted by atomic mass is 19.4. The van der Waals surface area contributed by atoms with Crippen LogP contribution in [-0.2, 0) is 23.4 Å². The molecule has 1 aromatic heterocycles. The predicted octanol–water partition coefficient (Wildman–Crippen LogP) is 3.79. The normalized spacial score (nSPS) is 17.3. The number of rotatable bonds is 3. The summed E-state index contributed by atoms with van der Waals surface area (Å²) in [5, 5.41) is 9.71. The van der Waals surface area contributed by atoms with Crippen LogP contribution in [0, 0.1) is 0 Å². The average molecular weight is 372 g/mol. The number of aliphatic hydroxyl groups excluding tert-OH is 1. The molecule has 0 saturated carbocycles. The Hall–Kier alpha value is -2.55. The van der Waals surface area contributed by atoms with E-state index >= 15 is 0 Å². The molecule has 1 N–H and O–H groups in total. The molecular weight excluding hydrogens is 359 g/mol. The molecule has 2 heterocycles. The monoisotopic (exact) mass is 372 g/mol. The molecule has 0 spiro atoms. The fourth-order valence-electron chi connectivity index (χ4n) is 2.90. The van der Waals surface area contributed by atoms with Gasteiger partial charge < -0.3 is 10.0 Å². The van der Waals surface area contributed by atoms with Crippen molar-refractivity contribution in [1.29, 1.82) is 0 Å². The van der Waals surface area contributed by atoms with Crippen molar-refractivity contribution in [2.24, 2.45) is 0 Å². The van der Waals surface area contributed by atoms with Crippen molar-refractivity contribution in [3.8, 4) is 0 Å². The predicted molar refractivity (Wildman–Crippen MR) is 81.4 cm³/mol. The number of aliphatic hydroxyl groups is 1. The van der Waals surface area contributed by atoms with Gasteiger partial charge in [0.15, 0.2) is 0 Å². The van der Waals surface area contributed by atoms with Gasteiger partial charge in [-0.15, -0.1) is 0 Å². The molecular formula is C17H13F5N2O2. The summed E-state index contributed by atoms with van der Waals surface area (Å²) in [5.41, 5.74) is -2.25. The lowest BCUT2D eigenvalue weighted by Gasteiger charge is -2.18. The van der Waals surface area contributed by atoms with E-state index in [2.05, 4.69) is 4.98 Å². The minimum Gasteiger partial charge on any atom is -0.389 e. The first-order valence-corrected chi connectivity index (χ1v) is 7.58.